The van der Waals surface area contributed by atoms with Gasteiger partial charge in [0, 0.05) is 17.3 Å². The third-order valence-corrected chi connectivity index (χ3v) is 6.78. The molecule has 0 bridgehead atoms. The fourth-order valence-corrected chi connectivity index (χ4v) is 4.69. The van der Waals surface area contributed by atoms with E-state index in [2.05, 4.69) is 36.5 Å². The molecule has 0 radical (unpaired) electrons. The average Bonchev–Trinajstić information content (AvgIpc) is 2.65. The Morgan fingerprint density at radius 1 is 1.14 bits per heavy atom. The first-order valence-electron chi connectivity index (χ1n) is 9.30. The molecule has 0 saturated heterocycles. The number of nitrogens with zero attached hydrogens (tertiary/aromatic N) is 1. The predicted octanol–water partition coefficient (Wildman–Crippen LogP) is 4.16. The maximum Gasteiger partial charge on any atom is 0.240 e. The van der Waals surface area contributed by atoms with Gasteiger partial charge in [0.25, 0.3) is 0 Å². The summed E-state index contributed by atoms with van der Waals surface area (Å²) in [5.74, 6) is 1.51. The molecule has 0 saturated carbocycles. The summed E-state index contributed by atoms with van der Waals surface area (Å²) in [4.78, 5) is 12.3. The van der Waals surface area contributed by atoms with Crippen molar-refractivity contribution in [1.29, 1.82) is 0 Å². The third-order valence-electron chi connectivity index (χ3n) is 4.30. The lowest BCUT2D eigenvalue weighted by atomic mass is 10.2. The number of benzene rings is 2. The summed E-state index contributed by atoms with van der Waals surface area (Å²) in [6.45, 7) is 4.09. The van der Waals surface area contributed by atoms with Crippen LogP contribution >= 0.6 is 23.4 Å². The van der Waals surface area contributed by atoms with E-state index in [1.807, 2.05) is 11.8 Å². The van der Waals surface area contributed by atoms with Crippen LogP contribution in [0.3, 0.4) is 0 Å². The van der Waals surface area contributed by atoms with Crippen molar-refractivity contribution < 1.29 is 13.2 Å². The Hall–Kier alpha value is -1.70. The topological polar surface area (TPSA) is 66.5 Å². The van der Waals surface area contributed by atoms with Crippen LogP contribution in [-0.4, -0.2) is 39.4 Å². The molecule has 0 aliphatic carbocycles. The summed E-state index contributed by atoms with van der Waals surface area (Å²) < 4.78 is 25.5. The number of rotatable bonds is 10. The molecule has 2 aromatic carbocycles. The van der Waals surface area contributed by atoms with Gasteiger partial charge in [-0.25, -0.2) is 8.42 Å². The number of nitrogens with one attached hydrogen (secondary N) is 1. The number of hydrogen-bond acceptors (Lipinski definition) is 4. The molecular formula is C21H27ClN2O3S2. The SMILES string of the molecule is Cc1ccc(CSCCCNC(=O)CN(c2cc(Cl)ccc2C)S(C)(=O)=O)cc1. The molecule has 29 heavy (non-hydrogen) atoms. The van der Waals surface area contributed by atoms with Crippen molar-refractivity contribution in [2.75, 3.05) is 29.4 Å². The molecule has 1 amide bonds. The minimum Gasteiger partial charge on any atom is -0.354 e. The molecule has 2 rings (SSSR count). The molecular weight excluding hydrogens is 428 g/mol. The summed E-state index contributed by atoms with van der Waals surface area (Å²) in [5.41, 5.74) is 3.69. The highest BCUT2D eigenvalue weighted by Crippen LogP contribution is 2.26. The molecule has 0 heterocycles. The Balaban J connectivity index is 1.80. The van der Waals surface area contributed by atoms with Gasteiger partial charge in [0.05, 0.1) is 11.9 Å². The largest absolute Gasteiger partial charge is 0.354 e. The van der Waals surface area contributed by atoms with E-state index < -0.39 is 10.0 Å². The standard InChI is InChI=1S/C21H27ClN2O3S2/c1-16-5-8-18(9-6-16)15-28-12-4-11-23-21(25)14-24(29(3,26)27)20-13-19(22)10-7-17(20)2/h5-10,13H,4,11-12,14-15H2,1-3H3,(H,23,25). The van der Waals surface area contributed by atoms with E-state index in [4.69, 9.17) is 11.6 Å². The van der Waals surface area contributed by atoms with Crippen LogP contribution in [0.1, 0.15) is 23.1 Å². The van der Waals surface area contributed by atoms with Gasteiger partial charge >= 0.3 is 0 Å². The number of hydrogen-bond donors (Lipinski definition) is 1. The molecule has 0 aliphatic heterocycles. The van der Waals surface area contributed by atoms with Crippen molar-refractivity contribution >= 4 is 45.0 Å². The van der Waals surface area contributed by atoms with E-state index in [0.29, 0.717) is 17.3 Å². The lowest BCUT2D eigenvalue weighted by Crippen LogP contribution is -2.41. The van der Waals surface area contributed by atoms with Gasteiger partial charge in [-0.1, -0.05) is 47.5 Å². The molecule has 1 N–H and O–H groups in total. The van der Waals surface area contributed by atoms with Gasteiger partial charge in [-0.3, -0.25) is 9.10 Å². The average molecular weight is 455 g/mol. The Bertz CT molecular complexity index is 931. The molecule has 158 valence electrons. The van der Waals surface area contributed by atoms with Crippen molar-refractivity contribution in [1.82, 2.24) is 5.32 Å². The number of anilines is 1. The number of amides is 1. The predicted molar refractivity (Wildman–Crippen MR) is 123 cm³/mol. The molecule has 0 aliphatic rings. The molecule has 0 atom stereocenters. The van der Waals surface area contributed by atoms with Gasteiger partial charge < -0.3 is 5.32 Å². The maximum atomic E-state index is 12.3. The monoisotopic (exact) mass is 454 g/mol. The zero-order chi connectivity index (χ0) is 21.4. The third kappa shape index (κ3) is 7.91. The number of carbonyl (C=O) groups excluding carboxylic acids is 1. The second-order valence-electron chi connectivity index (χ2n) is 6.94. The van der Waals surface area contributed by atoms with Gasteiger partial charge in [-0.15, -0.1) is 0 Å². The van der Waals surface area contributed by atoms with E-state index in [0.717, 1.165) is 34.1 Å². The Labute approximate surface area is 182 Å². The zero-order valence-electron chi connectivity index (χ0n) is 16.9. The minimum atomic E-state index is -3.62. The van der Waals surface area contributed by atoms with E-state index in [-0.39, 0.29) is 12.5 Å². The van der Waals surface area contributed by atoms with Crippen LogP contribution in [0.2, 0.25) is 5.02 Å². The van der Waals surface area contributed by atoms with Crippen LogP contribution in [0, 0.1) is 13.8 Å². The minimum absolute atomic E-state index is 0.267. The summed E-state index contributed by atoms with van der Waals surface area (Å²) in [5, 5.41) is 3.23. The number of halogens is 1. The summed E-state index contributed by atoms with van der Waals surface area (Å²) in [6.07, 6.45) is 1.90. The van der Waals surface area contributed by atoms with Crippen LogP contribution in [0.5, 0.6) is 0 Å². The summed E-state index contributed by atoms with van der Waals surface area (Å²) in [7, 11) is -3.62. The van der Waals surface area contributed by atoms with E-state index in [1.54, 1.807) is 25.1 Å². The first kappa shape index (κ1) is 23.6. The number of thioether (sulfide) groups is 1. The van der Waals surface area contributed by atoms with Crippen LogP contribution < -0.4 is 9.62 Å². The van der Waals surface area contributed by atoms with E-state index in [9.17, 15) is 13.2 Å². The van der Waals surface area contributed by atoms with Crippen LogP contribution in [0.4, 0.5) is 5.69 Å². The maximum absolute atomic E-state index is 12.3. The number of sulfonamides is 1. The van der Waals surface area contributed by atoms with E-state index >= 15 is 0 Å². The second-order valence-corrected chi connectivity index (χ2v) is 10.4. The number of aryl methyl sites for hydroxylation is 2. The molecule has 5 nitrogen and oxygen atoms in total. The van der Waals surface area contributed by atoms with Gasteiger partial charge in [-0.05, 0) is 49.3 Å². The van der Waals surface area contributed by atoms with Gasteiger partial charge in [0.15, 0.2) is 0 Å². The van der Waals surface area contributed by atoms with E-state index in [1.165, 1.54) is 11.1 Å². The highest BCUT2D eigenvalue weighted by molar-refractivity contribution is 7.98. The van der Waals surface area contributed by atoms with Gasteiger partial charge in [-0.2, -0.15) is 11.8 Å². The highest BCUT2D eigenvalue weighted by atomic mass is 35.5. The normalized spacial score (nSPS) is 11.3. The van der Waals surface area contributed by atoms with Crippen LogP contribution in [-0.2, 0) is 20.6 Å². The molecule has 8 heteroatoms. The van der Waals surface area contributed by atoms with Crippen molar-refractivity contribution in [2.24, 2.45) is 0 Å². The molecule has 0 unspecified atom stereocenters. The van der Waals surface area contributed by atoms with Crippen molar-refractivity contribution in [3.8, 4) is 0 Å². The summed E-state index contributed by atoms with van der Waals surface area (Å²) >= 11 is 7.82. The number of carbonyl (C=O) groups is 1. The fraction of sp³-hybridized carbons (Fsp3) is 0.381. The molecule has 2 aromatic rings. The van der Waals surface area contributed by atoms with Crippen molar-refractivity contribution in [2.45, 2.75) is 26.0 Å². The van der Waals surface area contributed by atoms with Gasteiger partial charge in [0.2, 0.25) is 15.9 Å². The fourth-order valence-electron chi connectivity index (χ4n) is 2.70. The second kappa shape index (κ2) is 10.9. The quantitative estimate of drug-likeness (QED) is 0.547. The zero-order valence-corrected chi connectivity index (χ0v) is 19.3. The molecule has 0 spiro atoms. The first-order valence-corrected chi connectivity index (χ1v) is 12.7. The Kier molecular flexibility index (Phi) is 8.86. The lowest BCUT2D eigenvalue weighted by Gasteiger charge is -2.23. The lowest BCUT2D eigenvalue weighted by molar-refractivity contribution is -0.119. The first-order chi connectivity index (χ1) is 13.7. The Morgan fingerprint density at radius 2 is 1.83 bits per heavy atom. The van der Waals surface area contributed by atoms with Gasteiger partial charge in [0.1, 0.15) is 6.54 Å². The van der Waals surface area contributed by atoms with Crippen LogP contribution in [0.15, 0.2) is 42.5 Å². The van der Waals surface area contributed by atoms with Crippen molar-refractivity contribution in [3.63, 3.8) is 0 Å². The molecule has 0 aromatic heterocycles. The van der Waals surface area contributed by atoms with Crippen molar-refractivity contribution in [3.05, 3.63) is 64.2 Å². The Morgan fingerprint density at radius 3 is 2.48 bits per heavy atom. The van der Waals surface area contributed by atoms with Crippen LogP contribution in [0.25, 0.3) is 0 Å². The smallest absolute Gasteiger partial charge is 0.240 e. The summed E-state index contributed by atoms with van der Waals surface area (Å²) in [6, 6.07) is 13.4. The molecule has 0 fully saturated rings. The highest BCUT2D eigenvalue weighted by Gasteiger charge is 2.22.